The molecule has 0 aromatic carbocycles. The normalized spacial score (nSPS) is 11.9. The summed E-state index contributed by atoms with van der Waals surface area (Å²) in [6.07, 6.45) is 1.06. The van der Waals surface area contributed by atoms with Gasteiger partial charge in [0.25, 0.3) is 0 Å². The van der Waals surface area contributed by atoms with E-state index in [1.54, 1.807) is 7.05 Å². The Balaban J connectivity index is 4.17. The predicted molar refractivity (Wildman–Crippen MR) is 67.9 cm³/mol. The van der Waals surface area contributed by atoms with Crippen LogP contribution >= 0.6 is 0 Å². The van der Waals surface area contributed by atoms with E-state index < -0.39 is 11.9 Å². The van der Waals surface area contributed by atoms with Crippen LogP contribution in [0.5, 0.6) is 0 Å². The summed E-state index contributed by atoms with van der Waals surface area (Å²) >= 11 is 0. The molecule has 0 spiro atoms. The molecule has 9 heteroatoms. The first-order chi connectivity index (χ1) is 8.34. The number of carbonyl (C=O) groups excluding carboxylic acids is 2. The molecule has 0 saturated heterocycles. The standard InChI is InChI=1S/C9H21N7O2/c1-16(13)6(3-2-4-14-9(11)12)8(18)15-5-7(10)17/h6H,2-5,13H2,1H3,(H2,10,17)(H,15,18)(H4,11,12,14). The molecule has 18 heavy (non-hydrogen) atoms. The first-order valence-electron chi connectivity index (χ1n) is 5.43. The van der Waals surface area contributed by atoms with Gasteiger partial charge in [-0.05, 0) is 12.8 Å². The molecular weight excluding hydrogens is 238 g/mol. The molecule has 0 aliphatic heterocycles. The van der Waals surface area contributed by atoms with Gasteiger partial charge in [-0.2, -0.15) is 0 Å². The van der Waals surface area contributed by atoms with Crippen LogP contribution in [0, 0.1) is 0 Å². The van der Waals surface area contributed by atoms with Crippen molar-refractivity contribution in [2.75, 3.05) is 20.1 Å². The summed E-state index contributed by atoms with van der Waals surface area (Å²) < 4.78 is 0. The van der Waals surface area contributed by atoms with Gasteiger partial charge in [0.1, 0.15) is 6.04 Å². The molecule has 0 rings (SSSR count). The highest BCUT2D eigenvalue weighted by atomic mass is 16.2. The third-order valence-corrected chi connectivity index (χ3v) is 2.16. The molecule has 0 aromatic rings. The van der Waals surface area contributed by atoms with Crippen LogP contribution in [0.1, 0.15) is 12.8 Å². The van der Waals surface area contributed by atoms with Crippen molar-refractivity contribution in [1.82, 2.24) is 10.3 Å². The van der Waals surface area contributed by atoms with E-state index >= 15 is 0 Å². The van der Waals surface area contributed by atoms with Gasteiger partial charge < -0.3 is 22.5 Å². The van der Waals surface area contributed by atoms with Gasteiger partial charge in [0.05, 0.1) is 6.54 Å². The maximum atomic E-state index is 11.7. The van der Waals surface area contributed by atoms with E-state index in [4.69, 9.17) is 23.0 Å². The van der Waals surface area contributed by atoms with Crippen molar-refractivity contribution < 1.29 is 9.59 Å². The fraction of sp³-hybridized carbons (Fsp3) is 0.667. The van der Waals surface area contributed by atoms with Gasteiger partial charge >= 0.3 is 0 Å². The lowest BCUT2D eigenvalue weighted by atomic mass is 10.1. The number of nitrogens with one attached hydrogen (secondary N) is 1. The number of hydrazine groups is 1. The van der Waals surface area contributed by atoms with Gasteiger partial charge in [0.2, 0.25) is 11.8 Å². The van der Waals surface area contributed by atoms with Gasteiger partial charge in [-0.25, -0.2) is 5.01 Å². The summed E-state index contributed by atoms with van der Waals surface area (Å²) in [5.74, 6) is 4.60. The Morgan fingerprint density at radius 1 is 1.33 bits per heavy atom. The maximum Gasteiger partial charge on any atom is 0.239 e. The van der Waals surface area contributed by atoms with Crippen LogP contribution in [0.4, 0.5) is 0 Å². The Morgan fingerprint density at radius 2 is 1.94 bits per heavy atom. The van der Waals surface area contributed by atoms with Crippen molar-refractivity contribution >= 4 is 17.8 Å². The molecule has 0 aliphatic rings. The Bertz CT molecular complexity index is 312. The van der Waals surface area contributed by atoms with Gasteiger partial charge in [-0.3, -0.25) is 20.4 Å². The number of guanidine groups is 1. The predicted octanol–water partition coefficient (Wildman–Crippen LogP) is -3.18. The van der Waals surface area contributed by atoms with Crippen molar-refractivity contribution in [1.29, 1.82) is 0 Å². The van der Waals surface area contributed by atoms with E-state index in [9.17, 15) is 9.59 Å². The molecular formula is C9H21N7O2. The van der Waals surface area contributed by atoms with E-state index in [-0.39, 0.29) is 18.4 Å². The zero-order chi connectivity index (χ0) is 14.1. The monoisotopic (exact) mass is 259 g/mol. The second-order valence-corrected chi connectivity index (χ2v) is 3.81. The van der Waals surface area contributed by atoms with Gasteiger partial charge in [0.15, 0.2) is 5.96 Å². The summed E-state index contributed by atoms with van der Waals surface area (Å²) in [4.78, 5) is 26.0. The number of nitrogens with zero attached hydrogens (tertiary/aromatic N) is 2. The Kier molecular flexibility index (Phi) is 7.40. The third-order valence-electron chi connectivity index (χ3n) is 2.16. The SMILES string of the molecule is CN(N)C(CCCN=C(N)N)C(=O)NCC(N)=O. The lowest BCUT2D eigenvalue weighted by Crippen LogP contribution is -2.49. The molecule has 0 aromatic heterocycles. The maximum absolute atomic E-state index is 11.7. The van der Waals surface area contributed by atoms with Gasteiger partial charge in [-0.15, -0.1) is 0 Å². The van der Waals surface area contributed by atoms with Gasteiger partial charge in [0, 0.05) is 13.6 Å². The highest BCUT2D eigenvalue weighted by Gasteiger charge is 2.20. The number of rotatable bonds is 8. The molecule has 1 unspecified atom stereocenters. The third kappa shape index (κ3) is 7.41. The zero-order valence-corrected chi connectivity index (χ0v) is 10.4. The van der Waals surface area contributed by atoms with Crippen LogP contribution in [0.25, 0.3) is 0 Å². The molecule has 104 valence electrons. The number of nitrogens with two attached hydrogens (primary N) is 4. The first kappa shape index (κ1) is 16.1. The molecule has 0 aliphatic carbocycles. The Hall–Kier alpha value is -1.87. The fourth-order valence-corrected chi connectivity index (χ4v) is 1.30. The van der Waals surface area contributed by atoms with E-state index in [0.717, 1.165) is 0 Å². The number of hydrogen-bond donors (Lipinski definition) is 5. The second kappa shape index (κ2) is 8.25. The average molecular weight is 259 g/mol. The highest BCUT2D eigenvalue weighted by molar-refractivity contribution is 5.86. The van der Waals surface area contributed by atoms with E-state index in [1.165, 1.54) is 5.01 Å². The van der Waals surface area contributed by atoms with E-state index in [2.05, 4.69) is 10.3 Å². The van der Waals surface area contributed by atoms with Crippen LogP contribution in [-0.4, -0.2) is 49.0 Å². The van der Waals surface area contributed by atoms with E-state index in [0.29, 0.717) is 19.4 Å². The lowest BCUT2D eigenvalue weighted by molar-refractivity contribution is -0.128. The smallest absolute Gasteiger partial charge is 0.239 e. The summed E-state index contributed by atoms with van der Waals surface area (Å²) in [5.41, 5.74) is 15.3. The summed E-state index contributed by atoms with van der Waals surface area (Å²) in [6, 6.07) is -0.557. The van der Waals surface area contributed by atoms with Crippen LogP contribution in [-0.2, 0) is 9.59 Å². The summed E-state index contributed by atoms with van der Waals surface area (Å²) in [7, 11) is 1.56. The van der Waals surface area contributed by atoms with Crippen molar-refractivity contribution in [3.63, 3.8) is 0 Å². The van der Waals surface area contributed by atoms with Crippen molar-refractivity contribution in [3.05, 3.63) is 0 Å². The Morgan fingerprint density at radius 3 is 2.39 bits per heavy atom. The van der Waals surface area contributed by atoms with Crippen molar-refractivity contribution in [2.45, 2.75) is 18.9 Å². The number of hydrogen-bond acceptors (Lipinski definition) is 5. The largest absolute Gasteiger partial charge is 0.370 e. The summed E-state index contributed by atoms with van der Waals surface area (Å²) in [5, 5.41) is 3.66. The Labute approximate surface area is 106 Å². The van der Waals surface area contributed by atoms with Crippen molar-refractivity contribution in [3.8, 4) is 0 Å². The first-order valence-corrected chi connectivity index (χ1v) is 5.43. The number of amides is 2. The minimum atomic E-state index is -0.609. The van der Waals surface area contributed by atoms with Crippen LogP contribution in [0.2, 0.25) is 0 Å². The van der Waals surface area contributed by atoms with Crippen molar-refractivity contribution in [2.24, 2.45) is 28.0 Å². The molecule has 0 fully saturated rings. The highest BCUT2D eigenvalue weighted by Crippen LogP contribution is 2.02. The second-order valence-electron chi connectivity index (χ2n) is 3.81. The molecule has 0 heterocycles. The molecule has 0 radical (unpaired) electrons. The number of likely N-dealkylation sites (N-methyl/N-ethyl adjacent to an activating group) is 1. The molecule has 0 saturated carbocycles. The average Bonchev–Trinajstić information content (AvgIpc) is 2.24. The van der Waals surface area contributed by atoms with E-state index in [1.807, 2.05) is 0 Å². The molecule has 9 N–H and O–H groups in total. The lowest BCUT2D eigenvalue weighted by Gasteiger charge is -2.22. The number of primary amides is 1. The quantitative estimate of drug-likeness (QED) is 0.101. The fourth-order valence-electron chi connectivity index (χ4n) is 1.30. The molecule has 0 bridgehead atoms. The molecule has 2 amide bonds. The van der Waals surface area contributed by atoms with Crippen LogP contribution < -0.4 is 28.4 Å². The minimum Gasteiger partial charge on any atom is -0.370 e. The number of carbonyl (C=O) groups is 2. The number of aliphatic imine (C=N–C) groups is 1. The van der Waals surface area contributed by atoms with Gasteiger partial charge in [-0.1, -0.05) is 0 Å². The van der Waals surface area contributed by atoms with Crippen LogP contribution in [0.3, 0.4) is 0 Å². The molecule has 1 atom stereocenters. The van der Waals surface area contributed by atoms with Crippen LogP contribution in [0.15, 0.2) is 4.99 Å². The molecule has 9 nitrogen and oxygen atoms in total. The zero-order valence-electron chi connectivity index (χ0n) is 10.4. The topological polar surface area (TPSA) is 166 Å². The minimum absolute atomic E-state index is 0.00540. The summed E-state index contributed by atoms with van der Waals surface area (Å²) in [6.45, 7) is 0.201.